The summed E-state index contributed by atoms with van der Waals surface area (Å²) in [5.74, 6) is 1.59. The number of carbonyl (C=O) groups is 1. The molecule has 2 aromatic rings. The first-order valence-electron chi connectivity index (χ1n) is 9.34. The van der Waals surface area contributed by atoms with Crippen molar-refractivity contribution in [3.63, 3.8) is 0 Å². The summed E-state index contributed by atoms with van der Waals surface area (Å²) < 4.78 is 5.20. The minimum Gasteiger partial charge on any atom is -0.497 e. The van der Waals surface area contributed by atoms with Crippen molar-refractivity contribution >= 4 is 23.2 Å². The Hall–Kier alpha value is -2.54. The maximum atomic E-state index is 11.9. The fourth-order valence-electron chi connectivity index (χ4n) is 2.54. The SMILES string of the molecule is COc1ccc(CCNC(=NCC(=O)N(C)C)N(C)CCc2cccs2)cc1. The zero-order valence-electron chi connectivity index (χ0n) is 17.1. The molecule has 1 amide bonds. The topological polar surface area (TPSA) is 57.2 Å². The van der Waals surface area contributed by atoms with Crippen LogP contribution in [0.3, 0.4) is 0 Å². The predicted octanol–water partition coefficient (Wildman–Crippen LogP) is 2.51. The molecule has 1 aromatic carbocycles. The van der Waals surface area contributed by atoms with Gasteiger partial charge in [-0.25, -0.2) is 4.99 Å². The Morgan fingerprint density at radius 3 is 2.50 bits per heavy atom. The molecule has 0 aliphatic carbocycles. The number of likely N-dealkylation sites (N-methyl/N-ethyl adjacent to an activating group) is 2. The molecule has 0 aliphatic rings. The van der Waals surface area contributed by atoms with E-state index in [9.17, 15) is 4.79 Å². The Labute approximate surface area is 171 Å². The van der Waals surface area contributed by atoms with Crippen LogP contribution in [0.15, 0.2) is 46.8 Å². The van der Waals surface area contributed by atoms with Crippen LogP contribution in [0.5, 0.6) is 5.75 Å². The number of rotatable bonds is 9. The maximum Gasteiger partial charge on any atom is 0.243 e. The Morgan fingerprint density at radius 2 is 1.89 bits per heavy atom. The average Bonchev–Trinajstić information content (AvgIpc) is 3.22. The average molecular weight is 403 g/mol. The van der Waals surface area contributed by atoms with Gasteiger partial charge in [-0.1, -0.05) is 18.2 Å². The summed E-state index contributed by atoms with van der Waals surface area (Å²) in [5.41, 5.74) is 1.22. The van der Waals surface area contributed by atoms with Crippen LogP contribution in [0.1, 0.15) is 10.4 Å². The number of nitrogens with one attached hydrogen (secondary N) is 1. The molecule has 0 atom stereocenters. The third kappa shape index (κ3) is 7.23. The van der Waals surface area contributed by atoms with Gasteiger partial charge >= 0.3 is 0 Å². The Kier molecular flexibility index (Phi) is 8.81. The molecule has 152 valence electrons. The summed E-state index contributed by atoms with van der Waals surface area (Å²) in [6.07, 6.45) is 1.82. The number of guanidine groups is 1. The first-order chi connectivity index (χ1) is 13.5. The van der Waals surface area contributed by atoms with Crippen molar-refractivity contribution in [2.24, 2.45) is 4.99 Å². The molecule has 7 heteroatoms. The molecule has 0 unspecified atom stereocenters. The standard InChI is InChI=1S/C21H30N4O2S/c1-24(2)20(26)16-23-21(25(3)14-12-19-6-5-15-28-19)22-13-11-17-7-9-18(27-4)10-8-17/h5-10,15H,11-14,16H2,1-4H3,(H,22,23). The van der Waals surface area contributed by atoms with Crippen LogP contribution in [0.2, 0.25) is 0 Å². The number of methoxy groups -OCH3 is 1. The van der Waals surface area contributed by atoms with Gasteiger partial charge in [-0.15, -0.1) is 11.3 Å². The van der Waals surface area contributed by atoms with Crippen molar-refractivity contribution in [2.75, 3.05) is 47.9 Å². The number of ether oxygens (including phenoxy) is 1. The second kappa shape index (κ2) is 11.3. The van der Waals surface area contributed by atoms with E-state index >= 15 is 0 Å². The van der Waals surface area contributed by atoms with Crippen molar-refractivity contribution in [1.82, 2.24) is 15.1 Å². The van der Waals surface area contributed by atoms with Crippen LogP contribution in [0, 0.1) is 0 Å². The minimum absolute atomic E-state index is 0.0129. The van der Waals surface area contributed by atoms with E-state index < -0.39 is 0 Å². The Bertz CT molecular complexity index is 742. The molecular formula is C21H30N4O2S. The number of hydrogen-bond donors (Lipinski definition) is 1. The van der Waals surface area contributed by atoms with Gasteiger partial charge in [-0.05, 0) is 42.0 Å². The molecule has 2 rings (SSSR count). The summed E-state index contributed by atoms with van der Waals surface area (Å²) in [7, 11) is 7.16. The lowest BCUT2D eigenvalue weighted by atomic mass is 10.1. The van der Waals surface area contributed by atoms with Gasteiger partial charge in [0, 0.05) is 39.1 Å². The molecule has 0 spiro atoms. The number of thiophene rings is 1. The van der Waals surface area contributed by atoms with E-state index in [1.165, 1.54) is 10.4 Å². The molecule has 1 N–H and O–H groups in total. The second-order valence-electron chi connectivity index (χ2n) is 6.70. The molecule has 0 radical (unpaired) electrons. The Morgan fingerprint density at radius 1 is 1.14 bits per heavy atom. The highest BCUT2D eigenvalue weighted by atomic mass is 32.1. The van der Waals surface area contributed by atoms with Crippen molar-refractivity contribution < 1.29 is 9.53 Å². The van der Waals surface area contributed by atoms with E-state index in [0.717, 1.165) is 37.6 Å². The van der Waals surface area contributed by atoms with Gasteiger partial charge in [-0.2, -0.15) is 0 Å². The van der Waals surface area contributed by atoms with Crippen LogP contribution >= 0.6 is 11.3 Å². The van der Waals surface area contributed by atoms with Crippen LogP contribution < -0.4 is 10.1 Å². The summed E-state index contributed by atoms with van der Waals surface area (Å²) in [6, 6.07) is 12.3. The lowest BCUT2D eigenvalue weighted by molar-refractivity contribution is -0.127. The molecule has 0 saturated carbocycles. The lowest BCUT2D eigenvalue weighted by Crippen LogP contribution is -2.41. The van der Waals surface area contributed by atoms with Crippen molar-refractivity contribution in [2.45, 2.75) is 12.8 Å². The Balaban J connectivity index is 1.93. The maximum absolute atomic E-state index is 11.9. The number of aliphatic imine (C=N–C) groups is 1. The summed E-state index contributed by atoms with van der Waals surface area (Å²) in [5, 5.41) is 5.49. The largest absolute Gasteiger partial charge is 0.497 e. The van der Waals surface area contributed by atoms with Gasteiger partial charge < -0.3 is 19.9 Å². The summed E-state index contributed by atoms with van der Waals surface area (Å²) in [6.45, 7) is 1.72. The van der Waals surface area contributed by atoms with E-state index in [-0.39, 0.29) is 12.5 Å². The first kappa shape index (κ1) is 21.8. The van der Waals surface area contributed by atoms with Crippen LogP contribution in [-0.4, -0.2) is 69.6 Å². The van der Waals surface area contributed by atoms with Crippen LogP contribution in [0.4, 0.5) is 0 Å². The third-order valence-corrected chi connectivity index (χ3v) is 5.29. The summed E-state index contributed by atoms with van der Waals surface area (Å²) in [4.78, 5) is 21.4. The third-order valence-electron chi connectivity index (χ3n) is 4.35. The van der Waals surface area contributed by atoms with E-state index in [1.807, 2.05) is 19.2 Å². The van der Waals surface area contributed by atoms with Crippen molar-refractivity contribution in [3.05, 3.63) is 52.2 Å². The fourth-order valence-corrected chi connectivity index (χ4v) is 3.24. The highest BCUT2D eigenvalue weighted by Gasteiger charge is 2.09. The van der Waals surface area contributed by atoms with E-state index in [1.54, 1.807) is 37.4 Å². The fraction of sp³-hybridized carbons (Fsp3) is 0.429. The molecule has 6 nitrogen and oxygen atoms in total. The molecule has 0 bridgehead atoms. The molecule has 0 fully saturated rings. The number of benzene rings is 1. The monoisotopic (exact) mass is 402 g/mol. The molecule has 28 heavy (non-hydrogen) atoms. The van der Waals surface area contributed by atoms with Gasteiger partial charge in [0.1, 0.15) is 12.3 Å². The van der Waals surface area contributed by atoms with Gasteiger partial charge in [0.25, 0.3) is 0 Å². The van der Waals surface area contributed by atoms with Gasteiger partial charge in [0.2, 0.25) is 5.91 Å². The quantitative estimate of drug-likeness (QED) is 0.517. The molecule has 1 aromatic heterocycles. The van der Waals surface area contributed by atoms with Crippen LogP contribution in [0.25, 0.3) is 0 Å². The van der Waals surface area contributed by atoms with E-state index in [4.69, 9.17) is 4.74 Å². The van der Waals surface area contributed by atoms with Crippen LogP contribution in [-0.2, 0) is 17.6 Å². The molecule has 1 heterocycles. The predicted molar refractivity (Wildman–Crippen MR) is 116 cm³/mol. The second-order valence-corrected chi connectivity index (χ2v) is 7.74. The highest BCUT2D eigenvalue weighted by Crippen LogP contribution is 2.11. The van der Waals surface area contributed by atoms with Gasteiger partial charge in [0.15, 0.2) is 5.96 Å². The van der Waals surface area contributed by atoms with E-state index in [0.29, 0.717) is 0 Å². The van der Waals surface area contributed by atoms with Crippen molar-refractivity contribution in [1.29, 1.82) is 0 Å². The first-order valence-corrected chi connectivity index (χ1v) is 10.2. The smallest absolute Gasteiger partial charge is 0.243 e. The van der Waals surface area contributed by atoms with E-state index in [2.05, 4.69) is 44.9 Å². The minimum atomic E-state index is -0.0129. The molecule has 0 aliphatic heterocycles. The number of amides is 1. The zero-order valence-corrected chi connectivity index (χ0v) is 18.0. The van der Waals surface area contributed by atoms with Crippen molar-refractivity contribution in [3.8, 4) is 5.75 Å². The molecular weight excluding hydrogens is 372 g/mol. The zero-order chi connectivity index (χ0) is 20.4. The van der Waals surface area contributed by atoms with Gasteiger partial charge in [-0.3, -0.25) is 4.79 Å². The number of hydrogen-bond acceptors (Lipinski definition) is 4. The normalized spacial score (nSPS) is 11.2. The highest BCUT2D eigenvalue weighted by molar-refractivity contribution is 7.09. The lowest BCUT2D eigenvalue weighted by Gasteiger charge is -2.22. The summed E-state index contributed by atoms with van der Waals surface area (Å²) >= 11 is 1.76. The number of nitrogens with zero attached hydrogens (tertiary/aromatic N) is 3. The molecule has 0 saturated heterocycles. The van der Waals surface area contributed by atoms with Gasteiger partial charge in [0.05, 0.1) is 7.11 Å². The number of carbonyl (C=O) groups excluding carboxylic acids is 1.